The highest BCUT2D eigenvalue weighted by Gasteiger charge is 2.16. The molecule has 0 fully saturated rings. The highest BCUT2D eigenvalue weighted by Crippen LogP contribution is 2.24. The fraction of sp³-hybridized carbons (Fsp3) is 0.250. The van der Waals surface area contributed by atoms with Crippen molar-refractivity contribution in [2.75, 3.05) is 0 Å². The van der Waals surface area contributed by atoms with Gasteiger partial charge in [-0.1, -0.05) is 19.1 Å². The first-order valence-corrected chi connectivity index (χ1v) is 6.23. The molecule has 1 heterocycles. The summed E-state index contributed by atoms with van der Waals surface area (Å²) in [5.41, 5.74) is 0.257. The van der Waals surface area contributed by atoms with Gasteiger partial charge in [0.1, 0.15) is 5.82 Å². The van der Waals surface area contributed by atoms with E-state index in [1.54, 1.807) is 6.92 Å². The van der Waals surface area contributed by atoms with Gasteiger partial charge in [-0.2, -0.15) is 4.98 Å². The first kappa shape index (κ1) is 14.1. The van der Waals surface area contributed by atoms with Crippen LogP contribution in [-0.4, -0.2) is 15.0 Å². The van der Waals surface area contributed by atoms with Gasteiger partial charge in [0, 0.05) is 6.42 Å². The van der Waals surface area contributed by atoms with Gasteiger partial charge in [0.25, 0.3) is 0 Å². The van der Waals surface area contributed by atoms with E-state index in [2.05, 4.69) is 15.0 Å². The van der Waals surface area contributed by atoms with Crippen LogP contribution in [-0.2, 0) is 6.42 Å². The van der Waals surface area contributed by atoms with Gasteiger partial charge in [0.15, 0.2) is 11.6 Å². The van der Waals surface area contributed by atoms with E-state index in [0.717, 1.165) is 6.07 Å². The molecule has 1 aromatic heterocycles. The zero-order valence-electron chi connectivity index (χ0n) is 9.87. The minimum atomic E-state index is -0.879. The zero-order chi connectivity index (χ0) is 14.0. The number of nitrogens with zero attached hydrogens (tertiary/aromatic N) is 3. The molecular weight excluding hydrogens is 295 g/mol. The molecule has 0 saturated heterocycles. The first-order valence-electron chi connectivity index (χ1n) is 5.47. The predicted molar refractivity (Wildman–Crippen MR) is 68.3 cm³/mol. The largest absolute Gasteiger partial charge is 0.226 e. The van der Waals surface area contributed by atoms with Crippen LogP contribution in [0, 0.1) is 11.6 Å². The van der Waals surface area contributed by atoms with Crippen LogP contribution in [0.3, 0.4) is 0 Å². The van der Waals surface area contributed by atoms with E-state index in [-0.39, 0.29) is 28.5 Å². The second kappa shape index (κ2) is 5.75. The van der Waals surface area contributed by atoms with E-state index in [4.69, 9.17) is 23.2 Å². The summed E-state index contributed by atoms with van der Waals surface area (Å²) < 4.78 is 26.8. The van der Waals surface area contributed by atoms with Crippen molar-refractivity contribution in [3.8, 4) is 0 Å². The van der Waals surface area contributed by atoms with E-state index in [1.807, 2.05) is 0 Å². The molecule has 0 spiro atoms. The first-order chi connectivity index (χ1) is 8.97. The second-order valence-electron chi connectivity index (χ2n) is 4.04. The molecule has 0 saturated carbocycles. The Kier molecular flexibility index (Phi) is 4.27. The summed E-state index contributed by atoms with van der Waals surface area (Å²) in [6.45, 7) is 1.74. The van der Waals surface area contributed by atoms with Crippen molar-refractivity contribution in [1.82, 2.24) is 15.0 Å². The minimum Gasteiger partial charge on any atom is -0.204 e. The Morgan fingerprint density at radius 1 is 1.11 bits per heavy atom. The van der Waals surface area contributed by atoms with Gasteiger partial charge in [0.05, 0.1) is 0 Å². The summed E-state index contributed by atoms with van der Waals surface area (Å²) in [7, 11) is 0. The maximum atomic E-state index is 13.6. The van der Waals surface area contributed by atoms with Crippen molar-refractivity contribution in [2.45, 2.75) is 19.3 Å². The van der Waals surface area contributed by atoms with Crippen LogP contribution in [0.5, 0.6) is 0 Å². The monoisotopic (exact) mass is 303 g/mol. The van der Waals surface area contributed by atoms with Crippen LogP contribution >= 0.6 is 23.2 Å². The molecule has 0 radical (unpaired) electrons. The van der Waals surface area contributed by atoms with Crippen LogP contribution in [0.15, 0.2) is 18.2 Å². The average molecular weight is 304 g/mol. The Bertz CT molecular complexity index is 587. The van der Waals surface area contributed by atoms with Crippen LogP contribution in [0.4, 0.5) is 8.78 Å². The number of hydrogen-bond donors (Lipinski definition) is 0. The lowest BCUT2D eigenvalue weighted by Crippen LogP contribution is -2.07. The highest BCUT2D eigenvalue weighted by atomic mass is 35.5. The topological polar surface area (TPSA) is 38.7 Å². The molecular formula is C12H9Cl2F2N3. The van der Waals surface area contributed by atoms with Gasteiger partial charge in [-0.15, -0.1) is 0 Å². The minimum absolute atomic E-state index is 0.0260. The standard InChI is InChI=1S/C12H9Cl2F2N3/c1-6(7-3-2-4-8(15)10(7)16)5-9-17-11(13)19-12(14)18-9/h2-4,6H,5H2,1H3. The van der Waals surface area contributed by atoms with E-state index >= 15 is 0 Å². The van der Waals surface area contributed by atoms with Crippen molar-refractivity contribution in [3.63, 3.8) is 0 Å². The average Bonchev–Trinajstić information content (AvgIpc) is 2.31. The quantitative estimate of drug-likeness (QED) is 0.865. The molecule has 2 rings (SSSR count). The van der Waals surface area contributed by atoms with Gasteiger partial charge < -0.3 is 0 Å². The SMILES string of the molecule is CC(Cc1nc(Cl)nc(Cl)n1)c1cccc(F)c1F. The third-order valence-electron chi connectivity index (χ3n) is 2.63. The van der Waals surface area contributed by atoms with Gasteiger partial charge in [0.2, 0.25) is 10.6 Å². The van der Waals surface area contributed by atoms with Gasteiger partial charge >= 0.3 is 0 Å². The maximum absolute atomic E-state index is 13.6. The molecule has 0 amide bonds. The summed E-state index contributed by atoms with van der Waals surface area (Å²) in [6.07, 6.45) is 0.280. The molecule has 100 valence electrons. The summed E-state index contributed by atoms with van der Waals surface area (Å²) in [5, 5.41) is -0.0520. The molecule has 19 heavy (non-hydrogen) atoms. The Hall–Kier alpha value is -1.33. The summed E-state index contributed by atoms with van der Waals surface area (Å²) in [5.74, 6) is -1.72. The Morgan fingerprint density at radius 2 is 1.74 bits per heavy atom. The van der Waals surface area contributed by atoms with Gasteiger partial charge in [-0.3, -0.25) is 0 Å². The van der Waals surface area contributed by atoms with Crippen LogP contribution in [0.1, 0.15) is 24.2 Å². The molecule has 0 N–H and O–H groups in total. The number of rotatable bonds is 3. The van der Waals surface area contributed by atoms with E-state index in [0.29, 0.717) is 5.82 Å². The van der Waals surface area contributed by atoms with Gasteiger partial charge in [-0.05, 0) is 40.7 Å². The smallest absolute Gasteiger partial charge is 0.204 e. The van der Waals surface area contributed by atoms with Crippen molar-refractivity contribution in [1.29, 1.82) is 0 Å². The maximum Gasteiger partial charge on any atom is 0.226 e. The molecule has 7 heteroatoms. The number of aromatic nitrogens is 3. The molecule has 3 nitrogen and oxygen atoms in total. The molecule has 0 aliphatic carbocycles. The number of halogens is 4. The molecule has 0 aliphatic heterocycles. The van der Waals surface area contributed by atoms with Crippen molar-refractivity contribution in [3.05, 3.63) is 51.8 Å². The summed E-state index contributed by atoms with van der Waals surface area (Å²) in [6, 6.07) is 4.05. The Balaban J connectivity index is 2.25. The van der Waals surface area contributed by atoms with E-state index in [1.165, 1.54) is 12.1 Å². The van der Waals surface area contributed by atoms with Crippen molar-refractivity contribution < 1.29 is 8.78 Å². The zero-order valence-corrected chi connectivity index (χ0v) is 11.4. The van der Waals surface area contributed by atoms with Crippen molar-refractivity contribution >= 4 is 23.2 Å². The summed E-state index contributed by atoms with van der Waals surface area (Å²) in [4.78, 5) is 11.4. The van der Waals surface area contributed by atoms with E-state index in [9.17, 15) is 8.78 Å². The predicted octanol–water partition coefficient (Wildman–Crippen LogP) is 3.80. The van der Waals surface area contributed by atoms with Gasteiger partial charge in [-0.25, -0.2) is 18.7 Å². The molecule has 1 atom stereocenters. The lowest BCUT2D eigenvalue weighted by atomic mass is 9.97. The van der Waals surface area contributed by atoms with E-state index < -0.39 is 11.6 Å². The fourth-order valence-corrected chi connectivity index (χ4v) is 2.14. The Morgan fingerprint density at radius 3 is 2.37 bits per heavy atom. The molecule has 1 aromatic carbocycles. The van der Waals surface area contributed by atoms with Crippen LogP contribution < -0.4 is 0 Å². The lowest BCUT2D eigenvalue weighted by molar-refractivity contribution is 0.489. The normalized spacial score (nSPS) is 12.5. The molecule has 0 aliphatic rings. The second-order valence-corrected chi connectivity index (χ2v) is 4.71. The fourth-order valence-electron chi connectivity index (χ4n) is 1.74. The molecule has 2 aromatic rings. The van der Waals surface area contributed by atoms with Crippen LogP contribution in [0.2, 0.25) is 10.6 Å². The number of hydrogen-bond acceptors (Lipinski definition) is 3. The van der Waals surface area contributed by atoms with Crippen LogP contribution in [0.25, 0.3) is 0 Å². The highest BCUT2D eigenvalue weighted by molar-refractivity contribution is 6.30. The Labute approximate surface area is 118 Å². The number of benzene rings is 1. The van der Waals surface area contributed by atoms with Crippen molar-refractivity contribution in [2.24, 2.45) is 0 Å². The lowest BCUT2D eigenvalue weighted by Gasteiger charge is -2.12. The molecule has 0 bridgehead atoms. The molecule has 1 unspecified atom stereocenters. The summed E-state index contributed by atoms with van der Waals surface area (Å²) >= 11 is 11.3. The third-order valence-corrected chi connectivity index (χ3v) is 2.97. The third kappa shape index (κ3) is 3.36.